The summed E-state index contributed by atoms with van der Waals surface area (Å²) in [6, 6.07) is 7.52. The van der Waals surface area contributed by atoms with Crippen molar-refractivity contribution in [3.05, 3.63) is 58.2 Å². The van der Waals surface area contributed by atoms with Crippen molar-refractivity contribution in [2.24, 2.45) is 4.99 Å². The number of hydrogen-bond acceptors (Lipinski definition) is 4. The summed E-state index contributed by atoms with van der Waals surface area (Å²) in [6.07, 6.45) is 5.13. The molecular weight excluding hydrogens is 246 g/mol. The molecule has 0 atom stereocenters. The molecule has 3 rings (SSSR count). The fourth-order valence-corrected chi connectivity index (χ4v) is 2.27. The van der Waals surface area contributed by atoms with E-state index < -0.39 is 0 Å². The molecule has 0 aliphatic carbocycles. The average molecular weight is 255 g/mol. The van der Waals surface area contributed by atoms with Gasteiger partial charge in [0.25, 0.3) is 5.91 Å². The maximum atomic E-state index is 11.8. The SMILES string of the molecule is O=C1NC(c2ccncc2)=N/C1=C/c1cccs1. The Morgan fingerprint density at radius 1 is 1.22 bits per heavy atom. The molecule has 0 unspecified atom stereocenters. The van der Waals surface area contributed by atoms with Crippen LogP contribution in [0.2, 0.25) is 0 Å². The highest BCUT2D eigenvalue weighted by Crippen LogP contribution is 2.17. The molecule has 1 amide bonds. The van der Waals surface area contributed by atoms with Gasteiger partial charge >= 0.3 is 0 Å². The Morgan fingerprint density at radius 2 is 2.06 bits per heavy atom. The molecule has 0 bridgehead atoms. The molecule has 1 aliphatic rings. The van der Waals surface area contributed by atoms with Crippen molar-refractivity contribution in [1.29, 1.82) is 0 Å². The lowest BCUT2D eigenvalue weighted by Gasteiger charge is -1.97. The second-order valence-electron chi connectivity index (χ2n) is 3.70. The summed E-state index contributed by atoms with van der Waals surface area (Å²) in [5, 5.41) is 4.72. The molecule has 4 nitrogen and oxygen atoms in total. The summed E-state index contributed by atoms with van der Waals surface area (Å²) in [7, 11) is 0. The van der Waals surface area contributed by atoms with Gasteiger partial charge in [-0.3, -0.25) is 9.78 Å². The van der Waals surface area contributed by atoms with Gasteiger partial charge in [0.05, 0.1) is 0 Å². The van der Waals surface area contributed by atoms with Crippen LogP contribution >= 0.6 is 11.3 Å². The maximum Gasteiger partial charge on any atom is 0.275 e. The number of hydrogen-bond donors (Lipinski definition) is 1. The molecule has 2 aromatic rings. The van der Waals surface area contributed by atoms with Gasteiger partial charge in [-0.15, -0.1) is 11.3 Å². The van der Waals surface area contributed by atoms with Crippen LogP contribution in [0.4, 0.5) is 0 Å². The minimum Gasteiger partial charge on any atom is -0.305 e. The molecule has 0 spiro atoms. The summed E-state index contributed by atoms with van der Waals surface area (Å²) in [5.74, 6) is 0.403. The fourth-order valence-electron chi connectivity index (χ4n) is 1.62. The minimum absolute atomic E-state index is 0.171. The zero-order chi connectivity index (χ0) is 12.4. The van der Waals surface area contributed by atoms with Crippen LogP contribution in [0.15, 0.2) is 52.7 Å². The van der Waals surface area contributed by atoms with E-state index >= 15 is 0 Å². The van der Waals surface area contributed by atoms with Crippen molar-refractivity contribution in [3.8, 4) is 0 Å². The van der Waals surface area contributed by atoms with Gasteiger partial charge in [-0.2, -0.15) is 0 Å². The molecule has 0 radical (unpaired) electrons. The standard InChI is InChI=1S/C13H9N3OS/c17-13-11(8-10-2-1-7-18-10)15-12(16-13)9-3-5-14-6-4-9/h1-8H,(H,15,16,17)/b11-8+. The summed E-state index contributed by atoms with van der Waals surface area (Å²) in [4.78, 5) is 21.0. The first kappa shape index (κ1) is 10.9. The number of nitrogens with one attached hydrogen (secondary N) is 1. The van der Waals surface area contributed by atoms with Gasteiger partial charge < -0.3 is 5.32 Å². The topological polar surface area (TPSA) is 54.4 Å². The summed E-state index contributed by atoms with van der Waals surface area (Å²) in [6.45, 7) is 0. The lowest BCUT2D eigenvalue weighted by Crippen LogP contribution is -2.24. The Kier molecular flexibility index (Phi) is 2.74. The predicted molar refractivity (Wildman–Crippen MR) is 71.2 cm³/mol. The fraction of sp³-hybridized carbons (Fsp3) is 0. The first-order chi connectivity index (χ1) is 8.83. The van der Waals surface area contributed by atoms with Crippen LogP contribution in [0, 0.1) is 0 Å². The van der Waals surface area contributed by atoms with Gasteiger partial charge in [-0.05, 0) is 29.7 Å². The van der Waals surface area contributed by atoms with Gasteiger partial charge in [-0.25, -0.2) is 4.99 Å². The monoisotopic (exact) mass is 255 g/mol. The zero-order valence-corrected chi connectivity index (χ0v) is 10.1. The van der Waals surface area contributed by atoms with Crippen LogP contribution in [0.25, 0.3) is 6.08 Å². The van der Waals surface area contributed by atoms with E-state index in [1.807, 2.05) is 29.6 Å². The van der Waals surface area contributed by atoms with Gasteiger partial charge in [0.1, 0.15) is 11.5 Å². The van der Waals surface area contributed by atoms with Crippen LogP contribution < -0.4 is 5.32 Å². The van der Waals surface area contributed by atoms with E-state index in [0.717, 1.165) is 10.4 Å². The van der Waals surface area contributed by atoms with Crippen LogP contribution in [-0.2, 0) is 4.79 Å². The molecule has 18 heavy (non-hydrogen) atoms. The number of carbonyl (C=O) groups excluding carboxylic acids is 1. The molecule has 0 saturated heterocycles. The quantitative estimate of drug-likeness (QED) is 0.835. The smallest absolute Gasteiger partial charge is 0.275 e. The molecule has 88 valence electrons. The lowest BCUT2D eigenvalue weighted by molar-refractivity contribution is -0.115. The number of aromatic nitrogens is 1. The third-order valence-electron chi connectivity index (χ3n) is 2.47. The summed E-state index contributed by atoms with van der Waals surface area (Å²) < 4.78 is 0. The molecule has 2 aromatic heterocycles. The lowest BCUT2D eigenvalue weighted by atomic mass is 10.2. The van der Waals surface area contributed by atoms with E-state index in [4.69, 9.17) is 0 Å². The molecule has 1 N–H and O–H groups in total. The minimum atomic E-state index is -0.171. The van der Waals surface area contributed by atoms with Gasteiger partial charge in [-0.1, -0.05) is 6.07 Å². The number of aliphatic imine (C=N–C) groups is 1. The Bertz CT molecular complexity index is 630. The largest absolute Gasteiger partial charge is 0.305 e. The molecule has 0 aromatic carbocycles. The van der Waals surface area contributed by atoms with Crippen LogP contribution in [0.1, 0.15) is 10.4 Å². The molecule has 1 aliphatic heterocycles. The van der Waals surface area contributed by atoms with Crippen molar-refractivity contribution >= 4 is 29.2 Å². The number of carbonyl (C=O) groups is 1. The molecule has 3 heterocycles. The predicted octanol–water partition coefficient (Wildman–Crippen LogP) is 2.06. The Hall–Kier alpha value is -2.27. The van der Waals surface area contributed by atoms with Crippen molar-refractivity contribution < 1.29 is 4.79 Å². The second kappa shape index (κ2) is 4.54. The Labute approximate surface area is 108 Å². The van der Waals surface area contributed by atoms with Crippen LogP contribution in [0.3, 0.4) is 0 Å². The first-order valence-electron chi connectivity index (χ1n) is 5.38. The number of thiophene rings is 1. The van der Waals surface area contributed by atoms with Crippen LogP contribution in [-0.4, -0.2) is 16.7 Å². The van der Waals surface area contributed by atoms with Gasteiger partial charge in [0.15, 0.2) is 0 Å². The third kappa shape index (κ3) is 2.08. The first-order valence-corrected chi connectivity index (χ1v) is 6.26. The summed E-state index contributed by atoms with van der Waals surface area (Å²) >= 11 is 1.57. The van der Waals surface area contributed by atoms with Crippen molar-refractivity contribution in [3.63, 3.8) is 0 Å². The molecule has 5 heteroatoms. The molecule has 0 fully saturated rings. The number of amidine groups is 1. The second-order valence-corrected chi connectivity index (χ2v) is 4.67. The molecular formula is C13H9N3OS. The van der Waals surface area contributed by atoms with E-state index in [9.17, 15) is 4.79 Å². The normalized spacial score (nSPS) is 16.8. The highest BCUT2D eigenvalue weighted by molar-refractivity contribution is 7.10. The number of rotatable bonds is 2. The summed E-state index contributed by atoms with van der Waals surface area (Å²) in [5.41, 5.74) is 1.29. The average Bonchev–Trinajstić information content (AvgIpc) is 3.02. The number of pyridine rings is 1. The van der Waals surface area contributed by atoms with Crippen LogP contribution in [0.5, 0.6) is 0 Å². The van der Waals surface area contributed by atoms with E-state index in [-0.39, 0.29) is 5.91 Å². The van der Waals surface area contributed by atoms with E-state index in [1.54, 1.807) is 29.8 Å². The van der Waals surface area contributed by atoms with E-state index in [0.29, 0.717) is 11.5 Å². The van der Waals surface area contributed by atoms with Crippen molar-refractivity contribution in [1.82, 2.24) is 10.3 Å². The maximum absolute atomic E-state index is 11.8. The number of nitrogens with zero attached hydrogens (tertiary/aromatic N) is 2. The van der Waals surface area contributed by atoms with E-state index in [2.05, 4.69) is 15.3 Å². The van der Waals surface area contributed by atoms with Gasteiger partial charge in [0, 0.05) is 22.8 Å². The van der Waals surface area contributed by atoms with E-state index in [1.165, 1.54) is 0 Å². The van der Waals surface area contributed by atoms with Gasteiger partial charge in [0.2, 0.25) is 0 Å². The van der Waals surface area contributed by atoms with Crippen molar-refractivity contribution in [2.75, 3.05) is 0 Å². The number of amides is 1. The zero-order valence-electron chi connectivity index (χ0n) is 9.33. The highest BCUT2D eigenvalue weighted by Gasteiger charge is 2.20. The third-order valence-corrected chi connectivity index (χ3v) is 3.29. The highest BCUT2D eigenvalue weighted by atomic mass is 32.1. The Balaban J connectivity index is 1.95. The van der Waals surface area contributed by atoms with Crippen molar-refractivity contribution in [2.45, 2.75) is 0 Å². The molecule has 0 saturated carbocycles. The Morgan fingerprint density at radius 3 is 2.78 bits per heavy atom.